The molecule has 1 fully saturated rings. The van der Waals surface area contributed by atoms with Crippen LogP contribution >= 0.6 is 0 Å². The number of benzene rings is 1. The molecule has 0 radical (unpaired) electrons. The molecule has 5 nitrogen and oxygen atoms in total. The second-order valence-electron chi connectivity index (χ2n) is 7.68. The second kappa shape index (κ2) is 8.06. The monoisotopic (exact) mass is 364 g/mol. The van der Waals surface area contributed by atoms with Crippen molar-refractivity contribution < 1.29 is 18.7 Å². The molecule has 2 amide bonds. The minimum absolute atomic E-state index is 0.0346. The van der Waals surface area contributed by atoms with Gasteiger partial charge in [-0.25, -0.2) is 4.39 Å². The highest BCUT2D eigenvalue weighted by Crippen LogP contribution is 2.25. The van der Waals surface area contributed by atoms with Gasteiger partial charge in [0.25, 0.3) is 5.91 Å². The van der Waals surface area contributed by atoms with Crippen LogP contribution in [0.3, 0.4) is 0 Å². The highest BCUT2D eigenvalue weighted by Gasteiger charge is 2.37. The molecular weight excluding hydrogens is 335 g/mol. The Labute approximate surface area is 155 Å². The number of hydrogen-bond acceptors (Lipinski definition) is 3. The molecule has 6 heteroatoms. The van der Waals surface area contributed by atoms with Gasteiger partial charge in [0.1, 0.15) is 11.6 Å². The van der Waals surface area contributed by atoms with Crippen LogP contribution in [-0.4, -0.2) is 53.4 Å². The Kier molecular flexibility index (Phi) is 6.26. The lowest BCUT2D eigenvalue weighted by Crippen LogP contribution is -2.52. The van der Waals surface area contributed by atoms with E-state index in [4.69, 9.17) is 4.74 Å². The van der Waals surface area contributed by atoms with E-state index in [2.05, 4.69) is 0 Å². The van der Waals surface area contributed by atoms with Gasteiger partial charge in [-0.05, 0) is 64.8 Å². The number of rotatable bonds is 5. The molecule has 1 aromatic carbocycles. The third-order valence-electron chi connectivity index (χ3n) is 4.96. The fourth-order valence-corrected chi connectivity index (χ4v) is 3.09. The Morgan fingerprint density at radius 1 is 1.19 bits per heavy atom. The topological polar surface area (TPSA) is 49.9 Å². The molecule has 0 bridgehead atoms. The molecule has 2 rings (SSSR count). The highest BCUT2D eigenvalue weighted by molar-refractivity contribution is 5.85. The van der Waals surface area contributed by atoms with Crippen LogP contribution in [0.5, 0.6) is 5.75 Å². The summed E-state index contributed by atoms with van der Waals surface area (Å²) in [6.07, 6.45) is 1.32. The summed E-state index contributed by atoms with van der Waals surface area (Å²) in [6.45, 7) is 8.48. The van der Waals surface area contributed by atoms with Crippen molar-refractivity contribution in [1.29, 1.82) is 0 Å². The summed E-state index contributed by atoms with van der Waals surface area (Å²) in [6, 6.07) is 5.80. The maximum absolute atomic E-state index is 13.0. The van der Waals surface area contributed by atoms with Gasteiger partial charge in [-0.2, -0.15) is 0 Å². The quantitative estimate of drug-likeness (QED) is 0.807. The van der Waals surface area contributed by atoms with Gasteiger partial charge in [0.2, 0.25) is 5.91 Å². The van der Waals surface area contributed by atoms with Crippen LogP contribution < -0.4 is 4.74 Å². The molecule has 0 aliphatic carbocycles. The summed E-state index contributed by atoms with van der Waals surface area (Å²) < 4.78 is 18.8. The average Bonchev–Trinajstić information content (AvgIpc) is 2.61. The van der Waals surface area contributed by atoms with Crippen LogP contribution in [0, 0.1) is 11.7 Å². The van der Waals surface area contributed by atoms with Gasteiger partial charge in [0.15, 0.2) is 5.60 Å². The lowest BCUT2D eigenvalue weighted by molar-refractivity contribution is -0.149. The van der Waals surface area contributed by atoms with Crippen molar-refractivity contribution in [3.63, 3.8) is 0 Å². The first kappa shape index (κ1) is 20.2. The van der Waals surface area contributed by atoms with Crippen molar-refractivity contribution in [2.45, 2.75) is 52.2 Å². The third kappa shape index (κ3) is 4.74. The van der Waals surface area contributed by atoms with Crippen molar-refractivity contribution in [3.8, 4) is 5.75 Å². The molecule has 0 saturated carbocycles. The summed E-state index contributed by atoms with van der Waals surface area (Å²) in [5.41, 5.74) is -1.05. The molecular formula is C20H29FN2O3. The summed E-state index contributed by atoms with van der Waals surface area (Å²) >= 11 is 0. The van der Waals surface area contributed by atoms with Crippen molar-refractivity contribution >= 4 is 11.8 Å². The number of nitrogens with zero attached hydrogens (tertiary/aromatic N) is 2. The van der Waals surface area contributed by atoms with Crippen LogP contribution in [0.2, 0.25) is 0 Å². The molecule has 0 unspecified atom stereocenters. The number of ether oxygens (including phenoxy) is 1. The van der Waals surface area contributed by atoms with E-state index in [0.717, 1.165) is 0 Å². The summed E-state index contributed by atoms with van der Waals surface area (Å²) in [7, 11) is 1.82. The van der Waals surface area contributed by atoms with Gasteiger partial charge < -0.3 is 14.5 Å². The number of halogens is 1. The molecule has 0 atom stereocenters. The summed E-state index contributed by atoms with van der Waals surface area (Å²) in [4.78, 5) is 28.8. The number of carbonyl (C=O) groups excluding carboxylic acids is 2. The van der Waals surface area contributed by atoms with Crippen molar-refractivity contribution in [1.82, 2.24) is 9.80 Å². The molecule has 1 saturated heterocycles. The van der Waals surface area contributed by atoms with Crippen LogP contribution in [0.25, 0.3) is 0 Å². The SMILES string of the molecule is CC(C)N(C)C(=O)C1CCN(C(=O)C(C)(C)Oc2ccc(F)cc2)CC1. The van der Waals surface area contributed by atoms with E-state index >= 15 is 0 Å². The Balaban J connectivity index is 1.94. The smallest absolute Gasteiger partial charge is 0.266 e. The largest absolute Gasteiger partial charge is 0.478 e. The van der Waals surface area contributed by atoms with E-state index in [1.807, 2.05) is 20.9 Å². The van der Waals surface area contributed by atoms with Gasteiger partial charge in [0, 0.05) is 32.1 Å². The second-order valence-corrected chi connectivity index (χ2v) is 7.68. The Hall–Kier alpha value is -2.11. The van der Waals surface area contributed by atoms with Gasteiger partial charge in [-0.3, -0.25) is 9.59 Å². The van der Waals surface area contributed by atoms with E-state index in [-0.39, 0.29) is 29.6 Å². The molecule has 144 valence electrons. The Bertz CT molecular complexity index is 635. The van der Waals surface area contributed by atoms with Gasteiger partial charge in [-0.1, -0.05) is 0 Å². The molecule has 1 heterocycles. The van der Waals surface area contributed by atoms with Crippen LogP contribution in [0.15, 0.2) is 24.3 Å². The lowest BCUT2D eigenvalue weighted by Gasteiger charge is -2.37. The molecule has 1 aliphatic heterocycles. The fraction of sp³-hybridized carbons (Fsp3) is 0.600. The van der Waals surface area contributed by atoms with Gasteiger partial charge >= 0.3 is 0 Å². The number of amides is 2. The number of hydrogen-bond donors (Lipinski definition) is 0. The Morgan fingerprint density at radius 3 is 2.23 bits per heavy atom. The number of piperidine rings is 1. The maximum Gasteiger partial charge on any atom is 0.266 e. The molecule has 1 aromatic rings. The normalized spacial score (nSPS) is 15.9. The van der Waals surface area contributed by atoms with Crippen molar-refractivity contribution in [2.75, 3.05) is 20.1 Å². The van der Waals surface area contributed by atoms with Gasteiger partial charge in [-0.15, -0.1) is 0 Å². The highest BCUT2D eigenvalue weighted by atomic mass is 19.1. The first-order valence-corrected chi connectivity index (χ1v) is 9.12. The van der Waals surface area contributed by atoms with E-state index in [9.17, 15) is 14.0 Å². The maximum atomic E-state index is 13.0. The molecule has 0 spiro atoms. The zero-order chi connectivity index (χ0) is 19.5. The first-order valence-electron chi connectivity index (χ1n) is 9.12. The molecule has 0 aromatic heterocycles. The van der Waals surface area contributed by atoms with Crippen LogP contribution in [0.4, 0.5) is 4.39 Å². The van der Waals surface area contributed by atoms with E-state index < -0.39 is 5.60 Å². The number of likely N-dealkylation sites (tertiary alicyclic amines) is 1. The molecule has 26 heavy (non-hydrogen) atoms. The first-order chi connectivity index (χ1) is 12.1. The predicted octanol–water partition coefficient (Wildman–Crippen LogP) is 3.09. The van der Waals surface area contributed by atoms with E-state index in [0.29, 0.717) is 31.7 Å². The summed E-state index contributed by atoms with van der Waals surface area (Å²) in [5, 5.41) is 0. The van der Waals surface area contributed by atoms with E-state index in [1.165, 1.54) is 24.3 Å². The van der Waals surface area contributed by atoms with Crippen LogP contribution in [-0.2, 0) is 9.59 Å². The lowest BCUT2D eigenvalue weighted by atomic mass is 9.93. The van der Waals surface area contributed by atoms with Crippen molar-refractivity contribution in [2.24, 2.45) is 5.92 Å². The van der Waals surface area contributed by atoms with Crippen LogP contribution in [0.1, 0.15) is 40.5 Å². The summed E-state index contributed by atoms with van der Waals surface area (Å²) in [5.74, 6) is 0.0967. The third-order valence-corrected chi connectivity index (χ3v) is 4.96. The van der Waals surface area contributed by atoms with E-state index in [1.54, 1.807) is 23.6 Å². The Morgan fingerprint density at radius 2 is 1.73 bits per heavy atom. The minimum Gasteiger partial charge on any atom is -0.478 e. The fourth-order valence-electron chi connectivity index (χ4n) is 3.09. The molecule has 1 aliphatic rings. The standard InChI is InChI=1S/C20H29FN2O3/c1-14(2)22(5)18(24)15-10-12-23(13-11-15)19(25)20(3,4)26-17-8-6-16(21)7-9-17/h6-9,14-15H,10-13H2,1-5H3. The average molecular weight is 364 g/mol. The molecule has 0 N–H and O–H groups in total. The zero-order valence-electron chi connectivity index (χ0n) is 16.3. The van der Waals surface area contributed by atoms with Crippen molar-refractivity contribution in [3.05, 3.63) is 30.1 Å². The minimum atomic E-state index is -1.05. The number of carbonyl (C=O) groups is 2. The van der Waals surface area contributed by atoms with Gasteiger partial charge in [0.05, 0.1) is 0 Å². The predicted molar refractivity (Wildman–Crippen MR) is 98.3 cm³/mol. The zero-order valence-corrected chi connectivity index (χ0v) is 16.3.